The van der Waals surface area contributed by atoms with Crippen LogP contribution in [0.3, 0.4) is 0 Å². The van der Waals surface area contributed by atoms with Crippen LogP contribution in [0.15, 0.2) is 66.4 Å². The molecular weight excluding hydrogens is 366 g/mol. The van der Waals surface area contributed by atoms with E-state index in [-0.39, 0.29) is 12.2 Å². The number of nitriles is 1. The van der Waals surface area contributed by atoms with Crippen molar-refractivity contribution in [3.63, 3.8) is 0 Å². The molecule has 146 valence electrons. The second-order valence-corrected chi connectivity index (χ2v) is 6.21. The minimum atomic E-state index is -0.656. The number of hydrogen-bond acceptors (Lipinski definition) is 5. The molecule has 3 rings (SSSR count). The van der Waals surface area contributed by atoms with Gasteiger partial charge >= 0.3 is 5.97 Å². The fraction of sp³-hybridized carbons (Fsp3) is 0.174. The Kier molecular flexibility index (Phi) is 6.43. The summed E-state index contributed by atoms with van der Waals surface area (Å²) in [6.07, 6.45) is 3.32. The minimum Gasteiger partial charge on any atom is -0.496 e. The van der Waals surface area contributed by atoms with Gasteiger partial charge in [0.15, 0.2) is 0 Å². The third-order valence-electron chi connectivity index (χ3n) is 4.26. The Labute approximate surface area is 169 Å². The second kappa shape index (κ2) is 9.38. The summed E-state index contributed by atoms with van der Waals surface area (Å²) in [7, 11) is 1.59. The van der Waals surface area contributed by atoms with Crippen LogP contribution < -0.4 is 4.74 Å². The summed E-state index contributed by atoms with van der Waals surface area (Å²) in [4.78, 5) is 12.1. The first-order valence-electron chi connectivity index (χ1n) is 9.20. The van der Waals surface area contributed by atoms with Crippen LogP contribution in [0.1, 0.15) is 18.1 Å². The molecule has 0 saturated heterocycles. The van der Waals surface area contributed by atoms with Crippen molar-refractivity contribution in [2.45, 2.75) is 13.5 Å². The maximum Gasteiger partial charge on any atom is 0.348 e. The summed E-state index contributed by atoms with van der Waals surface area (Å²) in [6, 6.07) is 19.3. The van der Waals surface area contributed by atoms with Gasteiger partial charge in [0.1, 0.15) is 23.1 Å². The molecule has 0 aliphatic rings. The number of methoxy groups -OCH3 is 1. The molecule has 6 nitrogen and oxygen atoms in total. The largest absolute Gasteiger partial charge is 0.496 e. The van der Waals surface area contributed by atoms with E-state index in [1.165, 1.54) is 6.08 Å². The Bertz CT molecular complexity index is 1060. The van der Waals surface area contributed by atoms with Gasteiger partial charge in [0.25, 0.3) is 0 Å². The van der Waals surface area contributed by atoms with E-state index in [9.17, 15) is 10.1 Å². The number of carbonyl (C=O) groups excluding carboxylic acids is 1. The Balaban J connectivity index is 2.10. The van der Waals surface area contributed by atoms with Crippen molar-refractivity contribution < 1.29 is 14.3 Å². The summed E-state index contributed by atoms with van der Waals surface area (Å²) in [6.45, 7) is 2.45. The van der Waals surface area contributed by atoms with Gasteiger partial charge in [-0.05, 0) is 30.7 Å². The molecule has 0 N–H and O–H groups in total. The first kappa shape index (κ1) is 19.9. The van der Waals surface area contributed by atoms with Crippen molar-refractivity contribution in [2.75, 3.05) is 13.7 Å². The quantitative estimate of drug-likeness (QED) is 0.347. The predicted molar refractivity (Wildman–Crippen MR) is 110 cm³/mol. The molecule has 1 aromatic heterocycles. The summed E-state index contributed by atoms with van der Waals surface area (Å²) in [5, 5.41) is 14.1. The monoisotopic (exact) mass is 387 g/mol. The Hall–Kier alpha value is -3.85. The average Bonchev–Trinajstić information content (AvgIpc) is 3.14. The number of rotatable bonds is 7. The Morgan fingerprint density at radius 1 is 1.17 bits per heavy atom. The predicted octanol–water partition coefficient (Wildman–Crippen LogP) is 4.08. The van der Waals surface area contributed by atoms with Crippen LogP contribution in [-0.2, 0) is 16.1 Å². The smallest absolute Gasteiger partial charge is 0.348 e. The molecule has 0 saturated carbocycles. The zero-order chi connectivity index (χ0) is 20.6. The van der Waals surface area contributed by atoms with Crippen molar-refractivity contribution >= 4 is 12.0 Å². The molecule has 2 aromatic carbocycles. The molecule has 0 spiro atoms. The molecular formula is C23H21N3O3. The molecule has 0 fully saturated rings. The van der Waals surface area contributed by atoms with Crippen molar-refractivity contribution in [1.82, 2.24) is 9.78 Å². The Morgan fingerprint density at radius 2 is 1.90 bits per heavy atom. The molecule has 29 heavy (non-hydrogen) atoms. The highest BCUT2D eigenvalue weighted by atomic mass is 16.5. The van der Waals surface area contributed by atoms with Crippen LogP contribution in [0.2, 0.25) is 0 Å². The summed E-state index contributed by atoms with van der Waals surface area (Å²) >= 11 is 0. The highest BCUT2D eigenvalue weighted by Gasteiger charge is 2.17. The molecule has 0 atom stereocenters. The third kappa shape index (κ3) is 4.71. The van der Waals surface area contributed by atoms with E-state index in [1.54, 1.807) is 18.7 Å². The zero-order valence-electron chi connectivity index (χ0n) is 16.3. The number of benzene rings is 2. The van der Waals surface area contributed by atoms with Gasteiger partial charge < -0.3 is 9.47 Å². The average molecular weight is 387 g/mol. The maximum absolute atomic E-state index is 12.1. The van der Waals surface area contributed by atoms with Crippen LogP contribution >= 0.6 is 0 Å². The van der Waals surface area contributed by atoms with Gasteiger partial charge in [0, 0.05) is 17.3 Å². The lowest BCUT2D eigenvalue weighted by atomic mass is 10.1. The van der Waals surface area contributed by atoms with Gasteiger partial charge in [-0.25, -0.2) is 4.79 Å². The zero-order valence-corrected chi connectivity index (χ0v) is 16.3. The lowest BCUT2D eigenvalue weighted by Gasteiger charge is -2.07. The van der Waals surface area contributed by atoms with Gasteiger partial charge in [-0.15, -0.1) is 0 Å². The number of para-hydroxylation sites is 1. The van der Waals surface area contributed by atoms with Gasteiger partial charge in [-0.3, -0.25) is 4.68 Å². The number of ether oxygens (including phenoxy) is 2. The molecule has 0 aliphatic carbocycles. The highest BCUT2D eigenvalue weighted by molar-refractivity contribution is 5.99. The fourth-order valence-electron chi connectivity index (χ4n) is 2.94. The minimum absolute atomic E-state index is 0.0812. The number of nitrogens with zero attached hydrogens (tertiary/aromatic N) is 3. The molecule has 0 bridgehead atoms. The number of carbonyl (C=O) groups is 1. The van der Waals surface area contributed by atoms with E-state index in [4.69, 9.17) is 14.6 Å². The van der Waals surface area contributed by atoms with Crippen molar-refractivity contribution in [3.05, 3.63) is 77.5 Å². The van der Waals surface area contributed by atoms with Crippen molar-refractivity contribution in [1.29, 1.82) is 5.26 Å². The molecule has 0 amide bonds. The van der Waals surface area contributed by atoms with Crippen LogP contribution in [-0.4, -0.2) is 29.5 Å². The van der Waals surface area contributed by atoms with Crippen molar-refractivity contribution in [3.8, 4) is 23.1 Å². The first-order chi connectivity index (χ1) is 14.2. The molecule has 1 heterocycles. The molecule has 6 heteroatoms. The normalized spacial score (nSPS) is 11.0. The van der Waals surface area contributed by atoms with Crippen LogP contribution in [0.4, 0.5) is 0 Å². The van der Waals surface area contributed by atoms with E-state index in [1.807, 2.05) is 66.9 Å². The van der Waals surface area contributed by atoms with Gasteiger partial charge in [0.05, 0.1) is 20.3 Å². The molecule has 0 radical (unpaired) electrons. The third-order valence-corrected chi connectivity index (χ3v) is 4.26. The van der Waals surface area contributed by atoms with E-state index in [0.29, 0.717) is 23.6 Å². The topological polar surface area (TPSA) is 77.1 Å². The Morgan fingerprint density at radius 3 is 2.59 bits per heavy atom. The first-order valence-corrected chi connectivity index (χ1v) is 9.20. The van der Waals surface area contributed by atoms with E-state index in [2.05, 4.69) is 0 Å². The van der Waals surface area contributed by atoms with E-state index >= 15 is 0 Å². The van der Waals surface area contributed by atoms with Gasteiger partial charge in [0.2, 0.25) is 0 Å². The highest BCUT2D eigenvalue weighted by Crippen LogP contribution is 2.32. The number of hydrogen-bond donors (Lipinski definition) is 0. The second-order valence-electron chi connectivity index (χ2n) is 6.21. The molecule has 3 aromatic rings. The maximum atomic E-state index is 12.1. The molecule has 0 unspecified atom stereocenters. The summed E-state index contributed by atoms with van der Waals surface area (Å²) in [5.41, 5.74) is 3.03. The van der Waals surface area contributed by atoms with Gasteiger partial charge in [-0.2, -0.15) is 10.4 Å². The van der Waals surface area contributed by atoms with E-state index in [0.717, 1.165) is 11.1 Å². The summed E-state index contributed by atoms with van der Waals surface area (Å²) in [5.74, 6) is -0.00135. The standard InChI is InChI=1S/C23H21N3O3/c1-3-29-23(27)18(14-24)13-19-16-26(15-17-9-5-4-6-10-17)25-22(19)20-11-7-8-12-21(20)28-2/h4-13,16H,3,15H2,1-2H3/b18-13+. The van der Waals surface area contributed by atoms with Crippen LogP contribution in [0.25, 0.3) is 17.3 Å². The summed E-state index contributed by atoms with van der Waals surface area (Å²) < 4.78 is 12.2. The van der Waals surface area contributed by atoms with Gasteiger partial charge in [-0.1, -0.05) is 42.5 Å². The lowest BCUT2D eigenvalue weighted by Crippen LogP contribution is -2.06. The van der Waals surface area contributed by atoms with Crippen molar-refractivity contribution in [2.24, 2.45) is 0 Å². The SMILES string of the molecule is CCOC(=O)/C(C#N)=C/c1cn(Cc2ccccc2)nc1-c1ccccc1OC. The number of aromatic nitrogens is 2. The molecule has 0 aliphatic heterocycles. The van der Waals surface area contributed by atoms with Crippen LogP contribution in [0, 0.1) is 11.3 Å². The van der Waals surface area contributed by atoms with Crippen LogP contribution in [0.5, 0.6) is 5.75 Å². The lowest BCUT2D eigenvalue weighted by molar-refractivity contribution is -0.137. The number of esters is 1. The van der Waals surface area contributed by atoms with E-state index < -0.39 is 5.97 Å². The fourth-order valence-corrected chi connectivity index (χ4v) is 2.94.